The van der Waals surface area contributed by atoms with Crippen molar-refractivity contribution in [3.05, 3.63) is 23.8 Å². The standard InChI is InChI=1S/C16H24N4O3/c1-11(10-22-2)19-16(17)18-7-8-23-13-4-5-14-12(9-13)3-6-15(21)20-14/h4-5,9,11H,3,6-8,10H2,1-2H3,(H,20,21)(H3,17,18,19). The van der Waals surface area contributed by atoms with Gasteiger partial charge in [-0.05, 0) is 37.1 Å². The van der Waals surface area contributed by atoms with Gasteiger partial charge in [0.25, 0.3) is 0 Å². The first-order chi connectivity index (χ1) is 11.1. The van der Waals surface area contributed by atoms with E-state index < -0.39 is 0 Å². The summed E-state index contributed by atoms with van der Waals surface area (Å²) in [5, 5.41) is 5.88. The first-order valence-corrected chi connectivity index (χ1v) is 7.69. The molecule has 0 radical (unpaired) electrons. The normalized spacial score (nSPS) is 15.6. The number of carbonyl (C=O) groups excluding carboxylic acids is 1. The van der Waals surface area contributed by atoms with Gasteiger partial charge in [-0.25, -0.2) is 4.99 Å². The summed E-state index contributed by atoms with van der Waals surface area (Å²) in [4.78, 5) is 15.5. The molecule has 1 aliphatic heterocycles. The molecule has 1 aliphatic rings. The average molecular weight is 320 g/mol. The number of aliphatic imine (C=N–C) groups is 1. The predicted octanol–water partition coefficient (Wildman–Crippen LogP) is 0.889. The van der Waals surface area contributed by atoms with Crippen molar-refractivity contribution in [2.24, 2.45) is 10.7 Å². The fraction of sp³-hybridized carbons (Fsp3) is 0.500. The van der Waals surface area contributed by atoms with Crippen LogP contribution in [0.1, 0.15) is 18.9 Å². The number of methoxy groups -OCH3 is 1. The minimum atomic E-state index is 0.0613. The first-order valence-electron chi connectivity index (χ1n) is 7.69. The summed E-state index contributed by atoms with van der Waals surface area (Å²) in [6.45, 7) is 3.44. The number of nitrogens with one attached hydrogen (secondary N) is 2. The molecule has 1 heterocycles. The molecule has 0 fully saturated rings. The third-order valence-electron chi connectivity index (χ3n) is 3.43. The maximum absolute atomic E-state index is 11.3. The fourth-order valence-electron chi connectivity index (χ4n) is 2.37. The highest BCUT2D eigenvalue weighted by Gasteiger charge is 2.14. The molecule has 1 atom stereocenters. The van der Waals surface area contributed by atoms with Crippen LogP contribution in [0.25, 0.3) is 0 Å². The number of aryl methyl sites for hydroxylation is 1. The molecule has 0 aliphatic carbocycles. The maximum atomic E-state index is 11.3. The van der Waals surface area contributed by atoms with Gasteiger partial charge in [-0.15, -0.1) is 0 Å². The number of hydrogen-bond acceptors (Lipinski definition) is 4. The number of anilines is 1. The van der Waals surface area contributed by atoms with Crippen molar-refractivity contribution in [2.75, 3.05) is 32.2 Å². The monoisotopic (exact) mass is 320 g/mol. The summed E-state index contributed by atoms with van der Waals surface area (Å²) in [5.41, 5.74) is 7.74. The highest BCUT2D eigenvalue weighted by molar-refractivity contribution is 5.94. The molecule has 126 valence electrons. The Morgan fingerprint density at radius 3 is 3.09 bits per heavy atom. The van der Waals surface area contributed by atoms with E-state index in [9.17, 15) is 4.79 Å². The van der Waals surface area contributed by atoms with Gasteiger partial charge in [0.2, 0.25) is 5.91 Å². The van der Waals surface area contributed by atoms with Crippen LogP contribution < -0.4 is 21.1 Å². The Bertz CT molecular complexity index is 574. The van der Waals surface area contributed by atoms with E-state index in [1.54, 1.807) is 7.11 Å². The van der Waals surface area contributed by atoms with Gasteiger partial charge in [0.1, 0.15) is 12.4 Å². The Hall–Kier alpha value is -2.28. The number of hydrogen-bond donors (Lipinski definition) is 3. The van der Waals surface area contributed by atoms with E-state index in [1.165, 1.54) is 0 Å². The Kier molecular flexibility index (Phi) is 6.22. The molecular formula is C16H24N4O3. The van der Waals surface area contributed by atoms with Gasteiger partial charge < -0.3 is 25.8 Å². The Labute approximate surface area is 136 Å². The smallest absolute Gasteiger partial charge is 0.224 e. The van der Waals surface area contributed by atoms with E-state index in [1.807, 2.05) is 25.1 Å². The van der Waals surface area contributed by atoms with Crippen molar-refractivity contribution in [1.82, 2.24) is 5.32 Å². The van der Waals surface area contributed by atoms with Gasteiger partial charge in [0, 0.05) is 25.3 Å². The molecule has 0 aromatic heterocycles. The number of amides is 1. The van der Waals surface area contributed by atoms with Gasteiger partial charge in [-0.2, -0.15) is 0 Å². The number of nitrogens with two attached hydrogens (primary N) is 1. The van der Waals surface area contributed by atoms with Gasteiger partial charge in [0.15, 0.2) is 5.96 Å². The fourth-order valence-corrected chi connectivity index (χ4v) is 2.37. The predicted molar refractivity (Wildman–Crippen MR) is 89.9 cm³/mol. The van der Waals surface area contributed by atoms with Crippen LogP contribution in [0.3, 0.4) is 0 Å². The van der Waals surface area contributed by atoms with E-state index in [4.69, 9.17) is 15.2 Å². The van der Waals surface area contributed by atoms with Gasteiger partial charge in [-0.3, -0.25) is 4.79 Å². The third kappa shape index (κ3) is 5.45. The van der Waals surface area contributed by atoms with Crippen molar-refractivity contribution < 1.29 is 14.3 Å². The molecule has 0 saturated heterocycles. The van der Waals surface area contributed by atoms with E-state index in [2.05, 4.69) is 15.6 Å². The van der Waals surface area contributed by atoms with Crippen LogP contribution in [0.4, 0.5) is 5.69 Å². The number of fused-ring (bicyclic) bond motifs is 1. The van der Waals surface area contributed by atoms with Crippen LogP contribution in [-0.4, -0.2) is 44.8 Å². The highest BCUT2D eigenvalue weighted by Crippen LogP contribution is 2.26. The zero-order valence-electron chi connectivity index (χ0n) is 13.6. The summed E-state index contributed by atoms with van der Waals surface area (Å²) >= 11 is 0. The minimum absolute atomic E-state index is 0.0613. The summed E-state index contributed by atoms with van der Waals surface area (Å²) in [5.74, 6) is 1.21. The number of rotatable bonds is 7. The van der Waals surface area contributed by atoms with Crippen molar-refractivity contribution in [3.8, 4) is 5.75 Å². The second-order valence-electron chi connectivity index (χ2n) is 5.48. The largest absolute Gasteiger partial charge is 0.492 e. The maximum Gasteiger partial charge on any atom is 0.224 e. The molecule has 1 aromatic rings. The SMILES string of the molecule is COCC(C)NC(N)=NCCOc1ccc2c(c1)CCC(=O)N2. The topological polar surface area (TPSA) is 98.0 Å². The van der Waals surface area contributed by atoms with Crippen molar-refractivity contribution in [1.29, 1.82) is 0 Å². The van der Waals surface area contributed by atoms with E-state index in [-0.39, 0.29) is 11.9 Å². The number of nitrogens with zero attached hydrogens (tertiary/aromatic N) is 1. The quantitative estimate of drug-likeness (QED) is 0.394. The second-order valence-corrected chi connectivity index (χ2v) is 5.48. The second kappa shape index (κ2) is 8.38. The molecule has 7 nitrogen and oxygen atoms in total. The average Bonchev–Trinajstić information content (AvgIpc) is 2.51. The lowest BCUT2D eigenvalue weighted by Gasteiger charge is -2.17. The summed E-state index contributed by atoms with van der Waals surface area (Å²) < 4.78 is 10.7. The van der Waals surface area contributed by atoms with E-state index >= 15 is 0 Å². The Morgan fingerprint density at radius 1 is 1.48 bits per heavy atom. The number of benzene rings is 1. The highest BCUT2D eigenvalue weighted by atomic mass is 16.5. The molecule has 1 amide bonds. The number of guanidine groups is 1. The lowest BCUT2D eigenvalue weighted by atomic mass is 10.0. The summed E-state index contributed by atoms with van der Waals surface area (Å²) in [7, 11) is 1.64. The van der Waals surface area contributed by atoms with Crippen LogP contribution in [0.5, 0.6) is 5.75 Å². The molecule has 7 heteroatoms. The zero-order valence-corrected chi connectivity index (χ0v) is 13.6. The summed E-state index contributed by atoms with van der Waals surface area (Å²) in [6, 6.07) is 5.78. The van der Waals surface area contributed by atoms with E-state index in [0.717, 1.165) is 23.4 Å². The van der Waals surface area contributed by atoms with Crippen LogP contribution >= 0.6 is 0 Å². The number of carbonyl (C=O) groups is 1. The number of ether oxygens (including phenoxy) is 2. The minimum Gasteiger partial charge on any atom is -0.492 e. The lowest BCUT2D eigenvalue weighted by Crippen LogP contribution is -2.40. The molecule has 1 aromatic carbocycles. The van der Waals surface area contributed by atoms with Crippen LogP contribution in [-0.2, 0) is 16.0 Å². The van der Waals surface area contributed by atoms with Crippen molar-refractivity contribution in [2.45, 2.75) is 25.8 Å². The molecule has 2 rings (SSSR count). The molecular weight excluding hydrogens is 296 g/mol. The third-order valence-corrected chi connectivity index (χ3v) is 3.43. The van der Waals surface area contributed by atoms with Gasteiger partial charge in [-0.1, -0.05) is 0 Å². The molecule has 0 spiro atoms. The first kappa shape index (κ1) is 17.1. The van der Waals surface area contributed by atoms with Crippen LogP contribution in [0, 0.1) is 0 Å². The Morgan fingerprint density at radius 2 is 2.30 bits per heavy atom. The molecule has 23 heavy (non-hydrogen) atoms. The molecule has 4 N–H and O–H groups in total. The molecule has 1 unspecified atom stereocenters. The van der Waals surface area contributed by atoms with Crippen LogP contribution in [0.15, 0.2) is 23.2 Å². The van der Waals surface area contributed by atoms with Crippen molar-refractivity contribution in [3.63, 3.8) is 0 Å². The molecule has 0 saturated carbocycles. The van der Waals surface area contributed by atoms with E-state index in [0.29, 0.717) is 32.1 Å². The van der Waals surface area contributed by atoms with Gasteiger partial charge in [0.05, 0.1) is 13.2 Å². The van der Waals surface area contributed by atoms with Crippen molar-refractivity contribution >= 4 is 17.6 Å². The Balaban J connectivity index is 1.77. The molecule has 0 bridgehead atoms. The zero-order chi connectivity index (χ0) is 16.7. The van der Waals surface area contributed by atoms with Gasteiger partial charge >= 0.3 is 0 Å². The lowest BCUT2D eigenvalue weighted by molar-refractivity contribution is -0.116. The van der Waals surface area contributed by atoms with Crippen LogP contribution in [0.2, 0.25) is 0 Å². The summed E-state index contributed by atoms with van der Waals surface area (Å²) in [6.07, 6.45) is 1.26.